The zero-order chi connectivity index (χ0) is 11.4. The highest BCUT2D eigenvalue weighted by Gasteiger charge is 2.25. The van der Waals surface area contributed by atoms with E-state index in [1.807, 2.05) is 12.1 Å². The summed E-state index contributed by atoms with van der Waals surface area (Å²) in [5, 5.41) is 4.04. The molecule has 16 heavy (non-hydrogen) atoms. The van der Waals surface area contributed by atoms with Gasteiger partial charge < -0.3 is 5.32 Å². The van der Waals surface area contributed by atoms with Crippen LogP contribution in [0.1, 0.15) is 26.2 Å². The second-order valence-electron chi connectivity index (χ2n) is 4.24. The number of hydrogen-bond donors (Lipinski definition) is 1. The van der Waals surface area contributed by atoms with Gasteiger partial charge in [0, 0.05) is 16.2 Å². The minimum absolute atomic E-state index is 0.0839. The Morgan fingerprint density at radius 3 is 2.94 bits per heavy atom. The Kier molecular flexibility index (Phi) is 4.24. The van der Waals surface area contributed by atoms with Crippen LogP contribution in [0.5, 0.6) is 0 Å². The summed E-state index contributed by atoms with van der Waals surface area (Å²) >= 11 is 1.69. The lowest BCUT2D eigenvalue weighted by atomic mass is 10.2. The molecule has 1 aromatic carbocycles. The van der Waals surface area contributed by atoms with Crippen molar-refractivity contribution in [2.45, 2.75) is 42.4 Å². The molecule has 1 saturated carbocycles. The van der Waals surface area contributed by atoms with E-state index in [1.165, 1.54) is 12.8 Å². The summed E-state index contributed by atoms with van der Waals surface area (Å²) in [5.74, 6) is -0.0839. The minimum atomic E-state index is -0.0839. The topological polar surface area (TPSA) is 12.0 Å². The van der Waals surface area contributed by atoms with E-state index in [4.69, 9.17) is 0 Å². The summed E-state index contributed by atoms with van der Waals surface area (Å²) in [6.07, 6.45) is 3.57. The molecule has 3 heteroatoms. The number of rotatable bonds is 4. The average Bonchev–Trinajstić information content (AvgIpc) is 2.70. The van der Waals surface area contributed by atoms with E-state index in [0.29, 0.717) is 11.3 Å². The normalized spacial score (nSPS) is 24.9. The van der Waals surface area contributed by atoms with Crippen molar-refractivity contribution in [3.8, 4) is 0 Å². The number of thioether (sulfide) groups is 1. The van der Waals surface area contributed by atoms with Crippen LogP contribution in [0.2, 0.25) is 0 Å². The monoisotopic (exact) mass is 239 g/mol. The highest BCUT2D eigenvalue weighted by molar-refractivity contribution is 8.00. The van der Waals surface area contributed by atoms with E-state index >= 15 is 0 Å². The van der Waals surface area contributed by atoms with Gasteiger partial charge in [-0.05, 0) is 37.9 Å². The molecule has 0 bridgehead atoms. The third-order valence-electron chi connectivity index (χ3n) is 3.01. The van der Waals surface area contributed by atoms with Crippen LogP contribution in [0, 0.1) is 5.82 Å². The van der Waals surface area contributed by atoms with Crippen LogP contribution in [0.4, 0.5) is 4.39 Å². The molecular weight excluding hydrogens is 221 g/mol. The molecule has 2 rings (SSSR count). The fourth-order valence-corrected chi connectivity index (χ4v) is 3.52. The van der Waals surface area contributed by atoms with Gasteiger partial charge in [0.05, 0.1) is 0 Å². The molecule has 0 radical (unpaired) electrons. The van der Waals surface area contributed by atoms with Crippen molar-refractivity contribution in [1.82, 2.24) is 5.32 Å². The van der Waals surface area contributed by atoms with Gasteiger partial charge in [-0.1, -0.05) is 19.1 Å². The van der Waals surface area contributed by atoms with Crippen LogP contribution >= 0.6 is 11.8 Å². The molecule has 2 unspecified atom stereocenters. The average molecular weight is 239 g/mol. The number of hydrogen-bond acceptors (Lipinski definition) is 2. The third-order valence-corrected chi connectivity index (χ3v) is 4.35. The molecule has 1 aliphatic carbocycles. The fourth-order valence-electron chi connectivity index (χ4n) is 2.24. The quantitative estimate of drug-likeness (QED) is 0.863. The van der Waals surface area contributed by atoms with E-state index < -0.39 is 0 Å². The summed E-state index contributed by atoms with van der Waals surface area (Å²) in [6, 6.07) is 7.70. The summed E-state index contributed by atoms with van der Waals surface area (Å²) in [4.78, 5) is 0.796. The van der Waals surface area contributed by atoms with Crippen LogP contribution in [-0.4, -0.2) is 17.8 Å². The Labute approximate surface area is 101 Å². The molecule has 0 heterocycles. The Bertz CT molecular complexity index is 342. The van der Waals surface area contributed by atoms with E-state index in [9.17, 15) is 4.39 Å². The van der Waals surface area contributed by atoms with E-state index in [0.717, 1.165) is 17.9 Å². The fraction of sp³-hybridized carbons (Fsp3) is 0.538. The largest absolute Gasteiger partial charge is 0.314 e. The maximum Gasteiger partial charge on any atom is 0.136 e. The Morgan fingerprint density at radius 1 is 1.38 bits per heavy atom. The van der Waals surface area contributed by atoms with Crippen LogP contribution in [0.15, 0.2) is 29.2 Å². The van der Waals surface area contributed by atoms with E-state index in [1.54, 1.807) is 23.9 Å². The van der Waals surface area contributed by atoms with Gasteiger partial charge in [-0.2, -0.15) is 0 Å². The van der Waals surface area contributed by atoms with Gasteiger partial charge in [0.15, 0.2) is 0 Å². The molecule has 1 nitrogen and oxygen atoms in total. The second kappa shape index (κ2) is 5.69. The van der Waals surface area contributed by atoms with Crippen molar-refractivity contribution in [2.24, 2.45) is 0 Å². The number of nitrogens with one attached hydrogen (secondary N) is 1. The van der Waals surface area contributed by atoms with Crippen molar-refractivity contribution in [3.05, 3.63) is 30.1 Å². The molecular formula is C13H18FNS. The van der Waals surface area contributed by atoms with Crippen LogP contribution in [-0.2, 0) is 0 Å². The molecule has 1 fully saturated rings. The summed E-state index contributed by atoms with van der Waals surface area (Å²) in [7, 11) is 0. The zero-order valence-electron chi connectivity index (χ0n) is 9.58. The lowest BCUT2D eigenvalue weighted by Crippen LogP contribution is -2.26. The van der Waals surface area contributed by atoms with Crippen molar-refractivity contribution in [1.29, 1.82) is 0 Å². The summed E-state index contributed by atoms with van der Waals surface area (Å²) in [6.45, 7) is 3.17. The van der Waals surface area contributed by atoms with Crippen LogP contribution < -0.4 is 5.32 Å². The first kappa shape index (κ1) is 11.9. The van der Waals surface area contributed by atoms with Gasteiger partial charge in [0.25, 0.3) is 0 Å². The van der Waals surface area contributed by atoms with Gasteiger partial charge in [-0.15, -0.1) is 11.8 Å². The molecule has 0 aromatic heterocycles. The maximum absolute atomic E-state index is 13.5. The molecule has 0 amide bonds. The van der Waals surface area contributed by atoms with E-state index in [-0.39, 0.29) is 5.82 Å². The van der Waals surface area contributed by atoms with Gasteiger partial charge in [-0.25, -0.2) is 4.39 Å². The third kappa shape index (κ3) is 2.98. The van der Waals surface area contributed by atoms with Crippen molar-refractivity contribution in [3.63, 3.8) is 0 Å². The van der Waals surface area contributed by atoms with Gasteiger partial charge in [0.1, 0.15) is 5.82 Å². The molecule has 88 valence electrons. The Morgan fingerprint density at radius 2 is 2.19 bits per heavy atom. The molecule has 2 atom stereocenters. The maximum atomic E-state index is 13.5. The van der Waals surface area contributed by atoms with Gasteiger partial charge in [0.2, 0.25) is 0 Å². The molecule has 1 N–H and O–H groups in total. The first-order valence-electron chi connectivity index (χ1n) is 5.94. The highest BCUT2D eigenvalue weighted by Crippen LogP contribution is 2.35. The Hall–Kier alpha value is -0.540. The predicted octanol–water partition coefficient (Wildman–Crippen LogP) is 3.45. The first-order valence-corrected chi connectivity index (χ1v) is 6.82. The standard InChI is InChI=1S/C13H18FNS/c1-2-15-10-7-8-11(9-10)16-13-6-4-3-5-12(13)14/h3-6,10-11,15H,2,7-9H2,1H3. The van der Waals surface area contributed by atoms with Crippen molar-refractivity contribution < 1.29 is 4.39 Å². The minimum Gasteiger partial charge on any atom is -0.314 e. The summed E-state index contributed by atoms with van der Waals surface area (Å²) < 4.78 is 13.5. The molecule has 0 spiro atoms. The Balaban J connectivity index is 1.90. The molecule has 0 saturated heterocycles. The number of benzene rings is 1. The SMILES string of the molecule is CCNC1CCC(Sc2ccccc2F)C1. The van der Waals surface area contributed by atoms with Crippen LogP contribution in [0.25, 0.3) is 0 Å². The van der Waals surface area contributed by atoms with Gasteiger partial charge in [-0.3, -0.25) is 0 Å². The lowest BCUT2D eigenvalue weighted by Gasteiger charge is -2.12. The van der Waals surface area contributed by atoms with Gasteiger partial charge >= 0.3 is 0 Å². The second-order valence-corrected chi connectivity index (χ2v) is 5.58. The van der Waals surface area contributed by atoms with Crippen LogP contribution in [0.3, 0.4) is 0 Å². The lowest BCUT2D eigenvalue weighted by molar-refractivity contribution is 0.543. The molecule has 1 aromatic rings. The van der Waals surface area contributed by atoms with E-state index in [2.05, 4.69) is 12.2 Å². The van der Waals surface area contributed by atoms with Crippen molar-refractivity contribution in [2.75, 3.05) is 6.54 Å². The first-order chi connectivity index (χ1) is 7.79. The highest BCUT2D eigenvalue weighted by atomic mass is 32.2. The smallest absolute Gasteiger partial charge is 0.136 e. The molecule has 1 aliphatic rings. The zero-order valence-corrected chi connectivity index (χ0v) is 10.4. The predicted molar refractivity (Wildman–Crippen MR) is 67.4 cm³/mol. The number of halogens is 1. The molecule has 0 aliphatic heterocycles. The summed E-state index contributed by atoms with van der Waals surface area (Å²) in [5.41, 5.74) is 0. The van der Waals surface area contributed by atoms with Crippen molar-refractivity contribution >= 4 is 11.8 Å².